The summed E-state index contributed by atoms with van der Waals surface area (Å²) in [5.74, 6) is 0. The van der Waals surface area contributed by atoms with E-state index in [-0.39, 0.29) is 6.10 Å². The van der Waals surface area contributed by atoms with Crippen LogP contribution in [-0.2, 0) is 12.8 Å². The average Bonchev–Trinajstić information content (AvgIpc) is 2.41. The summed E-state index contributed by atoms with van der Waals surface area (Å²) >= 11 is 0. The van der Waals surface area contributed by atoms with Gasteiger partial charge >= 0.3 is 0 Å². The van der Waals surface area contributed by atoms with Crippen LogP contribution < -0.4 is 0 Å². The molecule has 2 nitrogen and oxygen atoms in total. The van der Waals surface area contributed by atoms with Gasteiger partial charge in [-0.15, -0.1) is 0 Å². The van der Waals surface area contributed by atoms with E-state index in [1.165, 1.54) is 11.1 Å². The molecule has 1 aliphatic heterocycles. The Hall–Kier alpha value is -0.860. The summed E-state index contributed by atoms with van der Waals surface area (Å²) < 4.78 is 0. The fourth-order valence-electron chi connectivity index (χ4n) is 2.27. The highest BCUT2D eigenvalue weighted by atomic mass is 16.3. The SMILES string of the molecule is CC(O)CN1CCc2ccccc2CC1. The van der Waals surface area contributed by atoms with Gasteiger partial charge in [0.15, 0.2) is 0 Å². The van der Waals surface area contributed by atoms with Crippen molar-refractivity contribution in [3.05, 3.63) is 35.4 Å². The highest BCUT2D eigenvalue weighted by molar-refractivity contribution is 5.28. The van der Waals surface area contributed by atoms with E-state index in [1.54, 1.807) is 0 Å². The van der Waals surface area contributed by atoms with Crippen LogP contribution in [-0.4, -0.2) is 35.7 Å². The Bertz CT molecular complexity index is 295. The van der Waals surface area contributed by atoms with Gasteiger partial charge in [0.25, 0.3) is 0 Å². The normalized spacial score (nSPS) is 19.3. The molecule has 0 amide bonds. The van der Waals surface area contributed by atoms with E-state index in [1.807, 2.05) is 6.92 Å². The van der Waals surface area contributed by atoms with Gasteiger partial charge in [0, 0.05) is 19.6 Å². The van der Waals surface area contributed by atoms with E-state index >= 15 is 0 Å². The minimum atomic E-state index is -0.216. The third kappa shape index (κ3) is 2.80. The number of hydrogen-bond donors (Lipinski definition) is 1. The first-order chi connectivity index (χ1) is 7.25. The summed E-state index contributed by atoms with van der Waals surface area (Å²) in [6, 6.07) is 8.68. The van der Waals surface area contributed by atoms with Crippen LogP contribution in [0, 0.1) is 0 Å². The second-order valence-electron chi connectivity index (χ2n) is 4.42. The molecule has 0 saturated carbocycles. The van der Waals surface area contributed by atoms with Crippen LogP contribution in [0.25, 0.3) is 0 Å². The zero-order chi connectivity index (χ0) is 10.7. The van der Waals surface area contributed by atoms with E-state index in [4.69, 9.17) is 0 Å². The second kappa shape index (κ2) is 4.77. The molecule has 0 radical (unpaired) electrons. The summed E-state index contributed by atoms with van der Waals surface area (Å²) in [6.45, 7) is 4.80. The summed E-state index contributed by atoms with van der Waals surface area (Å²) in [6.07, 6.45) is 2.01. The molecule has 1 aliphatic rings. The van der Waals surface area contributed by atoms with Gasteiger partial charge in [-0.3, -0.25) is 0 Å². The summed E-state index contributed by atoms with van der Waals surface area (Å²) in [5, 5.41) is 9.37. The van der Waals surface area contributed by atoms with Gasteiger partial charge in [0.2, 0.25) is 0 Å². The molecule has 0 fully saturated rings. The van der Waals surface area contributed by atoms with Crippen molar-refractivity contribution in [3.63, 3.8) is 0 Å². The summed E-state index contributed by atoms with van der Waals surface area (Å²) in [7, 11) is 0. The van der Waals surface area contributed by atoms with Gasteiger partial charge in [0.05, 0.1) is 6.10 Å². The lowest BCUT2D eigenvalue weighted by atomic mass is 10.0. The molecule has 0 aliphatic carbocycles. The van der Waals surface area contributed by atoms with Crippen molar-refractivity contribution in [2.24, 2.45) is 0 Å². The summed E-state index contributed by atoms with van der Waals surface area (Å²) in [4.78, 5) is 2.35. The van der Waals surface area contributed by atoms with Crippen molar-refractivity contribution in [2.45, 2.75) is 25.9 Å². The Morgan fingerprint density at radius 2 is 1.73 bits per heavy atom. The predicted molar refractivity (Wildman–Crippen MR) is 62.0 cm³/mol. The predicted octanol–water partition coefficient (Wildman–Crippen LogP) is 1.47. The molecular weight excluding hydrogens is 186 g/mol. The van der Waals surface area contributed by atoms with Gasteiger partial charge < -0.3 is 10.0 Å². The average molecular weight is 205 g/mol. The Labute approximate surface area is 91.5 Å². The zero-order valence-electron chi connectivity index (χ0n) is 9.32. The van der Waals surface area contributed by atoms with Crippen molar-refractivity contribution < 1.29 is 5.11 Å². The van der Waals surface area contributed by atoms with Crippen LogP contribution in [0.5, 0.6) is 0 Å². The van der Waals surface area contributed by atoms with Crippen molar-refractivity contribution in [3.8, 4) is 0 Å². The largest absolute Gasteiger partial charge is 0.392 e. The van der Waals surface area contributed by atoms with Crippen molar-refractivity contribution in [2.75, 3.05) is 19.6 Å². The molecule has 1 atom stereocenters. The molecule has 1 heterocycles. The maximum Gasteiger partial charge on any atom is 0.0639 e. The van der Waals surface area contributed by atoms with Crippen LogP contribution in [0.1, 0.15) is 18.1 Å². The minimum Gasteiger partial charge on any atom is -0.392 e. The monoisotopic (exact) mass is 205 g/mol. The first-order valence-corrected chi connectivity index (χ1v) is 5.73. The molecule has 2 rings (SSSR count). The van der Waals surface area contributed by atoms with Gasteiger partial charge in [-0.05, 0) is 30.9 Å². The number of aliphatic hydroxyl groups excluding tert-OH is 1. The lowest BCUT2D eigenvalue weighted by Gasteiger charge is -2.20. The zero-order valence-corrected chi connectivity index (χ0v) is 9.32. The molecule has 0 bridgehead atoms. The van der Waals surface area contributed by atoms with E-state index in [9.17, 15) is 5.11 Å². The molecule has 1 aromatic carbocycles. The number of benzene rings is 1. The standard InChI is InChI=1S/C13H19NO/c1-11(15)10-14-8-6-12-4-2-3-5-13(12)7-9-14/h2-5,11,15H,6-10H2,1H3. The Morgan fingerprint density at radius 1 is 1.20 bits per heavy atom. The van der Waals surface area contributed by atoms with Gasteiger partial charge in [-0.25, -0.2) is 0 Å². The number of β-amino-alcohol motifs (C(OH)–C–C–N with tert-alkyl or cyclic N) is 1. The van der Waals surface area contributed by atoms with Crippen LogP contribution in [0.15, 0.2) is 24.3 Å². The molecular formula is C13H19NO. The molecule has 1 N–H and O–H groups in total. The molecule has 0 saturated heterocycles. The lowest BCUT2D eigenvalue weighted by Crippen LogP contribution is -2.33. The van der Waals surface area contributed by atoms with E-state index in [0.29, 0.717) is 0 Å². The maximum atomic E-state index is 9.37. The Kier molecular flexibility index (Phi) is 3.39. The Morgan fingerprint density at radius 3 is 2.20 bits per heavy atom. The smallest absolute Gasteiger partial charge is 0.0639 e. The number of rotatable bonds is 2. The topological polar surface area (TPSA) is 23.5 Å². The van der Waals surface area contributed by atoms with Crippen LogP contribution >= 0.6 is 0 Å². The molecule has 1 aromatic rings. The van der Waals surface area contributed by atoms with Gasteiger partial charge in [0.1, 0.15) is 0 Å². The lowest BCUT2D eigenvalue weighted by molar-refractivity contribution is 0.129. The number of aliphatic hydroxyl groups is 1. The fraction of sp³-hybridized carbons (Fsp3) is 0.538. The van der Waals surface area contributed by atoms with Crippen molar-refractivity contribution in [1.29, 1.82) is 0 Å². The summed E-state index contributed by atoms with van der Waals surface area (Å²) in [5.41, 5.74) is 2.95. The van der Waals surface area contributed by atoms with E-state index in [0.717, 1.165) is 32.5 Å². The molecule has 82 valence electrons. The molecule has 2 heteroatoms. The molecule has 0 spiro atoms. The van der Waals surface area contributed by atoms with Crippen molar-refractivity contribution in [1.82, 2.24) is 4.90 Å². The fourth-order valence-corrected chi connectivity index (χ4v) is 2.27. The maximum absolute atomic E-state index is 9.37. The molecule has 0 aromatic heterocycles. The number of hydrogen-bond acceptors (Lipinski definition) is 2. The highest BCUT2D eigenvalue weighted by Gasteiger charge is 2.14. The van der Waals surface area contributed by atoms with E-state index in [2.05, 4.69) is 29.2 Å². The minimum absolute atomic E-state index is 0.216. The van der Waals surface area contributed by atoms with Gasteiger partial charge in [-0.1, -0.05) is 24.3 Å². The first kappa shape index (κ1) is 10.7. The quantitative estimate of drug-likeness (QED) is 0.790. The third-order valence-electron chi connectivity index (χ3n) is 3.04. The first-order valence-electron chi connectivity index (χ1n) is 5.73. The van der Waals surface area contributed by atoms with Gasteiger partial charge in [-0.2, -0.15) is 0 Å². The highest BCUT2D eigenvalue weighted by Crippen LogP contribution is 2.15. The second-order valence-corrected chi connectivity index (χ2v) is 4.42. The molecule has 15 heavy (non-hydrogen) atoms. The number of fused-ring (bicyclic) bond motifs is 1. The van der Waals surface area contributed by atoms with E-state index < -0.39 is 0 Å². The van der Waals surface area contributed by atoms with Crippen LogP contribution in [0.4, 0.5) is 0 Å². The number of nitrogens with zero attached hydrogens (tertiary/aromatic N) is 1. The van der Waals surface area contributed by atoms with Crippen LogP contribution in [0.2, 0.25) is 0 Å². The third-order valence-corrected chi connectivity index (χ3v) is 3.04. The Balaban J connectivity index is 2.02. The van der Waals surface area contributed by atoms with Crippen molar-refractivity contribution >= 4 is 0 Å². The van der Waals surface area contributed by atoms with Crippen LogP contribution in [0.3, 0.4) is 0 Å². The molecule has 1 unspecified atom stereocenters.